The van der Waals surface area contributed by atoms with Gasteiger partial charge in [0.15, 0.2) is 11.5 Å². The van der Waals surface area contributed by atoms with Crippen LogP contribution < -0.4 is 19.5 Å². The lowest BCUT2D eigenvalue weighted by atomic mass is 9.94. The topological polar surface area (TPSA) is 103 Å². The molecule has 3 aromatic rings. The van der Waals surface area contributed by atoms with E-state index in [9.17, 15) is 9.59 Å². The van der Waals surface area contributed by atoms with Crippen molar-refractivity contribution in [1.29, 1.82) is 0 Å². The van der Waals surface area contributed by atoms with E-state index in [1.165, 1.54) is 25.0 Å². The maximum atomic E-state index is 13.9. The fourth-order valence-corrected chi connectivity index (χ4v) is 4.98. The molecule has 1 heterocycles. The fraction of sp³-hybridized carbons (Fsp3) is 0.400. The predicted octanol–water partition coefficient (Wildman–Crippen LogP) is 4.38. The van der Waals surface area contributed by atoms with Crippen LogP contribution in [0.15, 0.2) is 61.1 Å². The third-order valence-corrected chi connectivity index (χ3v) is 7.08. The minimum absolute atomic E-state index is 0.0892. The summed E-state index contributed by atoms with van der Waals surface area (Å²) in [6, 6.07) is 12.1. The highest BCUT2D eigenvalue weighted by molar-refractivity contribution is 5.96. The van der Waals surface area contributed by atoms with E-state index in [1.54, 1.807) is 38.4 Å². The number of nitrogens with zero attached hydrogens (tertiary/aromatic N) is 3. The molecule has 1 N–H and O–H groups in total. The fourth-order valence-electron chi connectivity index (χ4n) is 4.98. The standard InChI is InChI=1S/C30H36N4O5/c1-37-24-12-10-22(11-13-24)28(29(35)33-23-7-5-4-6-8-23)34(30(36)25-20-31-16-17-32-25)18-15-21-9-14-26(38-2)27(19-21)39-3/h9-14,16-17,19-20,23,28H,4-8,15,18H2,1-3H3,(H,33,35)/t28-/m1/s1. The minimum atomic E-state index is -0.868. The van der Waals surface area contributed by atoms with Gasteiger partial charge in [-0.25, -0.2) is 4.98 Å². The summed E-state index contributed by atoms with van der Waals surface area (Å²) in [6.07, 6.45) is 10.1. The van der Waals surface area contributed by atoms with Crippen molar-refractivity contribution in [1.82, 2.24) is 20.2 Å². The molecule has 0 spiro atoms. The van der Waals surface area contributed by atoms with Crippen molar-refractivity contribution >= 4 is 11.8 Å². The summed E-state index contributed by atoms with van der Waals surface area (Å²) in [5.41, 5.74) is 1.80. The van der Waals surface area contributed by atoms with Crippen LogP contribution in [0.4, 0.5) is 0 Å². The maximum absolute atomic E-state index is 13.9. The second kappa shape index (κ2) is 13.6. The van der Waals surface area contributed by atoms with Gasteiger partial charge in [-0.05, 0) is 54.7 Å². The number of carbonyl (C=O) groups is 2. The second-order valence-electron chi connectivity index (χ2n) is 9.55. The number of carbonyl (C=O) groups excluding carboxylic acids is 2. The largest absolute Gasteiger partial charge is 0.497 e. The van der Waals surface area contributed by atoms with Crippen LogP contribution in [0.3, 0.4) is 0 Å². The van der Waals surface area contributed by atoms with Gasteiger partial charge in [0.05, 0.1) is 27.5 Å². The molecular formula is C30H36N4O5. The van der Waals surface area contributed by atoms with Crippen molar-refractivity contribution in [2.75, 3.05) is 27.9 Å². The van der Waals surface area contributed by atoms with Crippen LogP contribution in [0, 0.1) is 0 Å². The third kappa shape index (κ3) is 7.04. The van der Waals surface area contributed by atoms with E-state index in [2.05, 4.69) is 15.3 Å². The molecule has 9 nitrogen and oxygen atoms in total. The molecule has 0 aliphatic heterocycles. The van der Waals surface area contributed by atoms with Gasteiger partial charge in [-0.2, -0.15) is 0 Å². The summed E-state index contributed by atoms with van der Waals surface area (Å²) >= 11 is 0. The summed E-state index contributed by atoms with van der Waals surface area (Å²) in [6.45, 7) is 0.264. The van der Waals surface area contributed by atoms with Crippen molar-refractivity contribution in [3.8, 4) is 17.2 Å². The zero-order valence-electron chi connectivity index (χ0n) is 22.8. The zero-order valence-corrected chi connectivity index (χ0v) is 22.8. The zero-order chi connectivity index (χ0) is 27.6. The molecular weight excluding hydrogens is 496 g/mol. The van der Waals surface area contributed by atoms with Gasteiger partial charge in [0.25, 0.3) is 5.91 Å². The SMILES string of the molecule is COc1ccc([C@H](C(=O)NC2CCCCC2)N(CCc2ccc(OC)c(OC)c2)C(=O)c2cnccn2)cc1. The van der Waals surface area contributed by atoms with Crippen LogP contribution >= 0.6 is 0 Å². The van der Waals surface area contributed by atoms with Crippen LogP contribution in [0.25, 0.3) is 0 Å². The van der Waals surface area contributed by atoms with E-state index in [4.69, 9.17) is 14.2 Å². The van der Waals surface area contributed by atoms with Crippen molar-refractivity contribution in [2.45, 2.75) is 50.6 Å². The number of hydrogen-bond acceptors (Lipinski definition) is 7. The van der Waals surface area contributed by atoms with Gasteiger partial charge in [-0.1, -0.05) is 37.5 Å². The Balaban J connectivity index is 1.70. The van der Waals surface area contributed by atoms with Crippen LogP contribution in [0.2, 0.25) is 0 Å². The van der Waals surface area contributed by atoms with Crippen molar-refractivity contribution < 1.29 is 23.8 Å². The van der Waals surface area contributed by atoms with E-state index in [0.717, 1.165) is 31.2 Å². The van der Waals surface area contributed by atoms with Gasteiger partial charge in [0.2, 0.25) is 5.91 Å². The lowest BCUT2D eigenvalue weighted by Crippen LogP contribution is -2.47. The number of benzene rings is 2. The van der Waals surface area contributed by atoms with Crippen molar-refractivity contribution in [2.24, 2.45) is 0 Å². The summed E-state index contributed by atoms with van der Waals surface area (Å²) in [7, 11) is 4.76. The molecule has 0 saturated heterocycles. The second-order valence-corrected chi connectivity index (χ2v) is 9.55. The van der Waals surface area contributed by atoms with E-state index in [0.29, 0.717) is 29.2 Å². The minimum Gasteiger partial charge on any atom is -0.497 e. The maximum Gasteiger partial charge on any atom is 0.275 e. The molecule has 0 radical (unpaired) electrons. The van der Waals surface area contributed by atoms with Crippen LogP contribution in [0.5, 0.6) is 17.2 Å². The number of nitrogens with one attached hydrogen (secondary N) is 1. The number of methoxy groups -OCH3 is 3. The first-order valence-corrected chi connectivity index (χ1v) is 13.3. The molecule has 39 heavy (non-hydrogen) atoms. The number of amides is 2. The molecule has 4 rings (SSSR count). The number of hydrogen-bond donors (Lipinski definition) is 1. The molecule has 2 amide bonds. The molecule has 1 fully saturated rings. The summed E-state index contributed by atoms with van der Waals surface area (Å²) in [5, 5.41) is 3.23. The third-order valence-electron chi connectivity index (χ3n) is 7.08. The lowest BCUT2D eigenvalue weighted by molar-refractivity contribution is -0.126. The normalized spacial score (nSPS) is 14.2. The van der Waals surface area contributed by atoms with E-state index in [1.807, 2.05) is 30.3 Å². The summed E-state index contributed by atoms with van der Waals surface area (Å²) in [4.78, 5) is 37.7. The molecule has 9 heteroatoms. The van der Waals surface area contributed by atoms with E-state index in [-0.39, 0.29) is 30.1 Å². The molecule has 2 aromatic carbocycles. The summed E-state index contributed by atoms with van der Waals surface area (Å²) < 4.78 is 16.2. The molecule has 0 unspecified atom stereocenters. The lowest BCUT2D eigenvalue weighted by Gasteiger charge is -2.33. The van der Waals surface area contributed by atoms with Crippen molar-refractivity contribution in [3.05, 3.63) is 77.9 Å². The Hall–Kier alpha value is -4.14. The molecule has 1 saturated carbocycles. The van der Waals surface area contributed by atoms with Crippen LogP contribution in [0.1, 0.15) is 59.8 Å². The molecule has 206 valence electrons. The Kier molecular flexibility index (Phi) is 9.72. The molecule has 1 atom stereocenters. The van der Waals surface area contributed by atoms with Crippen molar-refractivity contribution in [3.63, 3.8) is 0 Å². The Morgan fingerprint density at radius 1 is 0.949 bits per heavy atom. The van der Waals surface area contributed by atoms with Gasteiger partial charge in [0, 0.05) is 25.0 Å². The average molecular weight is 533 g/mol. The highest BCUT2D eigenvalue weighted by Gasteiger charge is 2.34. The monoisotopic (exact) mass is 532 g/mol. The summed E-state index contributed by atoms with van der Waals surface area (Å²) in [5.74, 6) is 1.31. The van der Waals surface area contributed by atoms with Crippen LogP contribution in [-0.4, -0.2) is 60.6 Å². The smallest absolute Gasteiger partial charge is 0.275 e. The predicted molar refractivity (Wildman–Crippen MR) is 147 cm³/mol. The first kappa shape index (κ1) is 27.9. The van der Waals surface area contributed by atoms with Gasteiger partial charge in [-0.15, -0.1) is 0 Å². The quantitative estimate of drug-likeness (QED) is 0.391. The highest BCUT2D eigenvalue weighted by Crippen LogP contribution is 2.30. The van der Waals surface area contributed by atoms with Gasteiger partial charge in [0.1, 0.15) is 17.5 Å². The Labute approximate surface area is 229 Å². The molecule has 0 bridgehead atoms. The molecule has 1 aliphatic carbocycles. The Morgan fingerprint density at radius 3 is 2.33 bits per heavy atom. The van der Waals surface area contributed by atoms with Gasteiger partial charge in [-0.3, -0.25) is 14.6 Å². The average Bonchev–Trinajstić information content (AvgIpc) is 2.99. The first-order valence-electron chi connectivity index (χ1n) is 13.3. The Morgan fingerprint density at radius 2 is 1.69 bits per heavy atom. The number of ether oxygens (including phenoxy) is 3. The van der Waals surface area contributed by atoms with Crippen LogP contribution in [-0.2, 0) is 11.2 Å². The first-order chi connectivity index (χ1) is 19.0. The van der Waals surface area contributed by atoms with E-state index >= 15 is 0 Å². The van der Waals surface area contributed by atoms with Gasteiger partial charge >= 0.3 is 0 Å². The molecule has 1 aliphatic rings. The number of aromatic nitrogens is 2. The Bertz CT molecular complexity index is 1230. The van der Waals surface area contributed by atoms with E-state index < -0.39 is 6.04 Å². The molecule has 1 aromatic heterocycles. The highest BCUT2D eigenvalue weighted by atomic mass is 16.5. The number of rotatable bonds is 11. The van der Waals surface area contributed by atoms with Gasteiger partial charge < -0.3 is 24.4 Å².